The molecule has 1 aliphatic rings. The average Bonchev–Trinajstić information content (AvgIpc) is 3.18. The predicted octanol–water partition coefficient (Wildman–Crippen LogP) is 6.74. The average molecular weight is 575 g/mol. The molecule has 178 valence electrons. The maximum Gasteiger partial charge on any atom is 0.226 e. The molecule has 1 atom stereocenters. The Hall–Kier alpha value is -3.21. The molecule has 0 saturated carbocycles. The van der Waals surface area contributed by atoms with Crippen molar-refractivity contribution in [3.05, 3.63) is 123 Å². The fourth-order valence-corrected chi connectivity index (χ4v) is 5.40. The normalized spacial score (nSPS) is 13.4. The smallest absolute Gasteiger partial charge is 0.226 e. The minimum atomic E-state index is -0.251. The van der Waals surface area contributed by atoms with Gasteiger partial charge in [-0.25, -0.2) is 0 Å². The number of carbonyl (C=O) groups excluding carboxylic acids is 1. The summed E-state index contributed by atoms with van der Waals surface area (Å²) in [6.07, 6.45) is 7.29. The number of nitrogens with zero attached hydrogens (tertiary/aromatic N) is 1. The highest BCUT2D eigenvalue weighted by Gasteiger charge is 2.18. The van der Waals surface area contributed by atoms with E-state index >= 15 is 0 Å². The molecule has 3 aromatic rings. The molecule has 0 N–H and O–H groups in total. The Morgan fingerprint density at radius 2 is 1.69 bits per heavy atom. The van der Waals surface area contributed by atoms with Crippen LogP contribution in [-0.4, -0.2) is 27.6 Å². The number of amides is 1. The van der Waals surface area contributed by atoms with Crippen molar-refractivity contribution in [2.24, 2.45) is 0 Å². The molecule has 0 radical (unpaired) electrons. The number of hydrogen-bond donors (Lipinski definition) is 0. The second-order valence-corrected chi connectivity index (χ2v) is 10.5. The molecule has 0 unspecified atom stereocenters. The van der Waals surface area contributed by atoms with Gasteiger partial charge in [0.25, 0.3) is 0 Å². The first kappa shape index (κ1) is 24.9. The molecule has 0 bridgehead atoms. The van der Waals surface area contributed by atoms with E-state index < -0.39 is 0 Å². The lowest BCUT2D eigenvalue weighted by Gasteiger charge is -2.25. The second-order valence-electron chi connectivity index (χ2n) is 8.67. The summed E-state index contributed by atoms with van der Waals surface area (Å²) in [4.78, 5) is 15.1. The Balaban J connectivity index is 1.52. The van der Waals surface area contributed by atoms with Crippen LogP contribution in [0.4, 0.5) is 0 Å². The van der Waals surface area contributed by atoms with Gasteiger partial charge in [0.1, 0.15) is 12.4 Å². The van der Waals surface area contributed by atoms with E-state index in [0.717, 1.165) is 34.4 Å². The van der Waals surface area contributed by atoms with E-state index in [1.807, 2.05) is 66.6 Å². The Kier molecular flexibility index (Phi) is 8.88. The summed E-state index contributed by atoms with van der Waals surface area (Å²) in [5, 5.41) is 0. The van der Waals surface area contributed by atoms with Crippen molar-refractivity contribution in [1.82, 2.24) is 4.90 Å². The van der Waals surface area contributed by atoms with Gasteiger partial charge in [-0.05, 0) is 84.2 Å². The summed E-state index contributed by atoms with van der Waals surface area (Å²) in [6, 6.07) is 26.8. The lowest BCUT2D eigenvalue weighted by atomic mass is 10.0. The summed E-state index contributed by atoms with van der Waals surface area (Å²) < 4.78 is 11.8. The lowest BCUT2D eigenvalue weighted by molar-refractivity contribution is -0.130. The van der Waals surface area contributed by atoms with Crippen LogP contribution in [0.5, 0.6) is 5.75 Å². The molecule has 35 heavy (non-hydrogen) atoms. The molecular formula is C31H30INO2. The van der Waals surface area contributed by atoms with Gasteiger partial charge in [-0.2, -0.15) is 0 Å². The van der Waals surface area contributed by atoms with Crippen LogP contribution < -0.4 is 4.74 Å². The second kappa shape index (κ2) is 12.5. The minimum absolute atomic E-state index is 0.104. The zero-order chi connectivity index (χ0) is 24.5. The number of likely N-dealkylation sites (N-methyl/N-ethyl adjacent to an activating group) is 1. The third-order valence-electron chi connectivity index (χ3n) is 6.00. The summed E-state index contributed by atoms with van der Waals surface area (Å²) in [5.41, 5.74) is 5.54. The molecule has 0 spiro atoms. The van der Waals surface area contributed by atoms with Crippen molar-refractivity contribution in [2.45, 2.75) is 32.4 Å². The van der Waals surface area contributed by atoms with Gasteiger partial charge in [0, 0.05) is 13.1 Å². The van der Waals surface area contributed by atoms with E-state index in [-0.39, 0.29) is 32.7 Å². The third kappa shape index (κ3) is 7.38. The molecule has 4 rings (SSSR count). The van der Waals surface area contributed by atoms with Crippen LogP contribution in [0, 0.1) is 0 Å². The van der Waals surface area contributed by atoms with Crippen molar-refractivity contribution >= 4 is 35.9 Å². The molecule has 3 aromatic carbocycles. The van der Waals surface area contributed by atoms with Crippen LogP contribution in [-0.2, 0) is 24.2 Å². The molecule has 3 nitrogen and oxygen atoms in total. The van der Waals surface area contributed by atoms with Gasteiger partial charge in [-0.1, -0.05) is 82.5 Å². The van der Waals surface area contributed by atoms with Crippen LogP contribution in [0.1, 0.15) is 29.2 Å². The number of allylic oxidation sites excluding steroid dienone is 4. The number of ether oxygens (including phenoxy) is 1. The van der Waals surface area contributed by atoms with E-state index in [4.69, 9.17) is 4.74 Å². The van der Waals surface area contributed by atoms with Gasteiger partial charge in [0.05, 0.1) is 6.42 Å². The fraction of sp³-hybridized carbons (Fsp3) is 0.194. The number of benzene rings is 3. The standard InChI is InChI=1S/C31H30INO2/c1-24(17-25-11-5-3-6-12-25)33(2)31(34)20-27-18-29(28-15-9-10-16-32-22-28)21-30(19-27)35-23-26-13-7-4-8-14-26/h3-15,18-19,21-22,24H,17,20,23H2,1-2H3/t24-/m1/s1. The number of carbonyl (C=O) groups is 1. The SMILES string of the molecule is C[C@H](Cc1ccccc1)N(C)C(=O)Cc1cc(OCc2ccccc2)cc(C2=CI=C=CC=C2)c1. The molecule has 1 aliphatic heterocycles. The largest absolute Gasteiger partial charge is 0.489 e. The summed E-state index contributed by atoms with van der Waals surface area (Å²) in [5.74, 6) is 0.884. The number of rotatable bonds is 9. The molecule has 0 aliphatic carbocycles. The zero-order valence-electron chi connectivity index (χ0n) is 20.2. The van der Waals surface area contributed by atoms with Crippen molar-refractivity contribution in [2.75, 3.05) is 7.05 Å². The van der Waals surface area contributed by atoms with E-state index in [1.165, 1.54) is 5.56 Å². The number of halogens is 1. The van der Waals surface area contributed by atoms with E-state index in [9.17, 15) is 4.79 Å². The maximum absolute atomic E-state index is 13.2. The Bertz CT molecular complexity index is 1270. The highest BCUT2D eigenvalue weighted by Crippen LogP contribution is 2.28. The molecule has 0 aromatic heterocycles. The van der Waals surface area contributed by atoms with E-state index in [1.54, 1.807) is 0 Å². The molecule has 0 saturated heterocycles. The van der Waals surface area contributed by atoms with Gasteiger partial charge in [-0.15, -0.1) is 0 Å². The van der Waals surface area contributed by atoms with Crippen LogP contribution in [0.2, 0.25) is 0 Å². The number of hydrogen-bond acceptors (Lipinski definition) is 2. The first-order valence-electron chi connectivity index (χ1n) is 11.8. The third-order valence-corrected chi connectivity index (χ3v) is 7.70. The fourth-order valence-electron chi connectivity index (χ4n) is 3.90. The maximum atomic E-state index is 13.2. The van der Waals surface area contributed by atoms with E-state index in [0.29, 0.717) is 13.0 Å². The Morgan fingerprint density at radius 1 is 0.971 bits per heavy atom. The summed E-state index contributed by atoms with van der Waals surface area (Å²) in [7, 11) is 1.90. The predicted molar refractivity (Wildman–Crippen MR) is 154 cm³/mol. The van der Waals surface area contributed by atoms with Gasteiger partial charge in [0.2, 0.25) is 5.91 Å². The first-order chi connectivity index (χ1) is 17.1. The molecule has 1 amide bonds. The van der Waals surface area contributed by atoms with Crippen molar-refractivity contribution in [3.8, 4) is 5.75 Å². The first-order valence-corrected chi connectivity index (χ1v) is 14.1. The van der Waals surface area contributed by atoms with Crippen molar-refractivity contribution in [3.63, 3.8) is 0 Å². The van der Waals surface area contributed by atoms with Gasteiger partial charge >= 0.3 is 0 Å². The minimum Gasteiger partial charge on any atom is -0.489 e. The van der Waals surface area contributed by atoms with Gasteiger partial charge in [-0.3, -0.25) is 4.79 Å². The topological polar surface area (TPSA) is 29.5 Å². The van der Waals surface area contributed by atoms with Gasteiger partial charge in [0.15, 0.2) is 0 Å². The zero-order valence-corrected chi connectivity index (χ0v) is 22.3. The quantitative estimate of drug-likeness (QED) is 0.265. The highest BCUT2D eigenvalue weighted by atomic mass is 127. The molecule has 0 fully saturated rings. The van der Waals surface area contributed by atoms with Crippen molar-refractivity contribution < 1.29 is 9.53 Å². The molecule has 1 heterocycles. The lowest BCUT2D eigenvalue weighted by Crippen LogP contribution is -2.37. The molecular weight excluding hydrogens is 545 g/mol. The molecule has 4 heteroatoms. The van der Waals surface area contributed by atoms with Crippen LogP contribution in [0.15, 0.2) is 101 Å². The van der Waals surface area contributed by atoms with Crippen LogP contribution >= 0.6 is 20.7 Å². The summed E-state index contributed by atoms with van der Waals surface area (Å²) >= 11 is -0.251. The van der Waals surface area contributed by atoms with Crippen LogP contribution in [0.3, 0.4) is 0 Å². The Labute approximate surface area is 218 Å². The monoisotopic (exact) mass is 575 g/mol. The summed E-state index contributed by atoms with van der Waals surface area (Å²) in [6.45, 7) is 2.59. The highest BCUT2D eigenvalue weighted by molar-refractivity contribution is 14.2. The van der Waals surface area contributed by atoms with Gasteiger partial charge < -0.3 is 9.64 Å². The van der Waals surface area contributed by atoms with Crippen molar-refractivity contribution in [1.29, 1.82) is 0 Å². The van der Waals surface area contributed by atoms with Crippen LogP contribution in [0.25, 0.3) is 5.57 Å². The van der Waals surface area contributed by atoms with E-state index in [2.05, 4.69) is 57.1 Å². The Morgan fingerprint density at radius 3 is 2.43 bits per heavy atom.